The number of carbonyl (C=O) groups is 1. The van der Waals surface area contributed by atoms with Crippen LogP contribution in [0.5, 0.6) is 0 Å². The van der Waals surface area contributed by atoms with Gasteiger partial charge >= 0.3 is 0 Å². The van der Waals surface area contributed by atoms with Gasteiger partial charge < -0.3 is 9.88 Å². The molecule has 3 heterocycles. The topological polar surface area (TPSA) is 66.3 Å². The van der Waals surface area contributed by atoms with Crippen LogP contribution in [0.3, 0.4) is 0 Å². The molecule has 1 N–H and O–H groups in total. The highest BCUT2D eigenvalue weighted by Crippen LogP contribution is 2.15. The Hall–Kier alpha value is -3.22. The van der Waals surface area contributed by atoms with Crippen molar-refractivity contribution in [2.75, 3.05) is 7.05 Å². The molecular formula is C17H14FN5O. The third-order valence-electron chi connectivity index (χ3n) is 3.87. The summed E-state index contributed by atoms with van der Waals surface area (Å²) in [5.74, 6) is 0.0996. The van der Waals surface area contributed by atoms with Crippen molar-refractivity contribution in [3.63, 3.8) is 0 Å². The van der Waals surface area contributed by atoms with Crippen molar-refractivity contribution < 1.29 is 9.18 Å². The Morgan fingerprint density at radius 1 is 1.29 bits per heavy atom. The number of carbonyl (C=O) groups excluding carboxylic acids is 1. The second-order valence-corrected chi connectivity index (χ2v) is 5.59. The van der Waals surface area contributed by atoms with E-state index in [2.05, 4.69) is 15.1 Å². The minimum absolute atomic E-state index is 0.170. The molecule has 0 bridgehead atoms. The van der Waals surface area contributed by atoms with E-state index in [1.165, 1.54) is 12.1 Å². The summed E-state index contributed by atoms with van der Waals surface area (Å²) < 4.78 is 14.9. The average Bonchev–Trinajstić information content (AvgIpc) is 3.19. The molecule has 4 aromatic rings. The van der Waals surface area contributed by atoms with Gasteiger partial charge in [-0.25, -0.2) is 13.9 Å². The molecule has 3 aromatic heterocycles. The van der Waals surface area contributed by atoms with Crippen molar-refractivity contribution in [1.29, 1.82) is 0 Å². The number of halogens is 1. The molecule has 0 atom stereocenters. The first kappa shape index (κ1) is 14.4. The Kier molecular flexibility index (Phi) is 3.26. The largest absolute Gasteiger partial charge is 0.340 e. The van der Waals surface area contributed by atoms with Crippen molar-refractivity contribution >= 4 is 22.5 Å². The predicted octanol–water partition coefficient (Wildman–Crippen LogP) is 2.62. The van der Waals surface area contributed by atoms with Crippen molar-refractivity contribution in [1.82, 2.24) is 24.5 Å². The summed E-state index contributed by atoms with van der Waals surface area (Å²) in [7, 11) is 1.69. The lowest BCUT2D eigenvalue weighted by molar-refractivity contribution is 0.0773. The van der Waals surface area contributed by atoms with Crippen LogP contribution in [-0.2, 0) is 6.54 Å². The summed E-state index contributed by atoms with van der Waals surface area (Å²) in [5.41, 5.74) is 2.61. The third-order valence-corrected chi connectivity index (χ3v) is 3.87. The maximum Gasteiger partial charge on any atom is 0.272 e. The zero-order valence-electron chi connectivity index (χ0n) is 12.9. The van der Waals surface area contributed by atoms with Gasteiger partial charge in [-0.1, -0.05) is 6.07 Å². The maximum atomic E-state index is 13.3. The summed E-state index contributed by atoms with van der Waals surface area (Å²) in [4.78, 5) is 21.7. The fourth-order valence-corrected chi connectivity index (χ4v) is 2.71. The predicted molar refractivity (Wildman–Crippen MR) is 87.0 cm³/mol. The number of rotatable bonds is 3. The second-order valence-electron chi connectivity index (χ2n) is 5.59. The van der Waals surface area contributed by atoms with Crippen molar-refractivity contribution in [3.05, 3.63) is 66.0 Å². The molecule has 0 aliphatic rings. The standard InChI is InChI=1S/C17H14FN5O/c1-22(10-16-20-13-6-5-11(18)9-14(13)21-16)17(24)15-4-2-3-12-7-8-19-23(12)15/h2-9H,10H2,1H3,(H,20,21). The first-order chi connectivity index (χ1) is 11.6. The fraction of sp³-hybridized carbons (Fsp3) is 0.118. The number of nitrogens with one attached hydrogen (secondary N) is 1. The van der Waals surface area contributed by atoms with E-state index >= 15 is 0 Å². The van der Waals surface area contributed by atoms with Crippen molar-refractivity contribution in [2.24, 2.45) is 0 Å². The molecule has 1 aromatic carbocycles. The quantitative estimate of drug-likeness (QED) is 0.630. The van der Waals surface area contributed by atoms with E-state index in [4.69, 9.17) is 0 Å². The van der Waals surface area contributed by atoms with Crippen LogP contribution < -0.4 is 0 Å². The second kappa shape index (κ2) is 5.45. The smallest absolute Gasteiger partial charge is 0.272 e. The number of aromatic nitrogens is 4. The van der Waals surface area contributed by atoms with Crippen LogP contribution in [0.15, 0.2) is 48.7 Å². The highest BCUT2D eigenvalue weighted by molar-refractivity contribution is 5.93. The van der Waals surface area contributed by atoms with Gasteiger partial charge in [0.25, 0.3) is 5.91 Å². The van der Waals surface area contributed by atoms with Gasteiger partial charge in [-0.2, -0.15) is 5.10 Å². The number of fused-ring (bicyclic) bond motifs is 2. The molecule has 0 radical (unpaired) electrons. The van der Waals surface area contributed by atoms with Gasteiger partial charge in [0.05, 0.1) is 29.3 Å². The molecule has 4 rings (SSSR count). The molecule has 0 spiro atoms. The van der Waals surface area contributed by atoms with E-state index in [1.807, 2.05) is 18.2 Å². The number of hydrogen-bond donors (Lipinski definition) is 1. The molecule has 0 fully saturated rings. The average molecular weight is 323 g/mol. The summed E-state index contributed by atoms with van der Waals surface area (Å²) >= 11 is 0. The first-order valence-corrected chi connectivity index (χ1v) is 7.44. The normalized spacial score (nSPS) is 11.2. The number of pyridine rings is 1. The number of aromatic amines is 1. The van der Waals surface area contributed by atoms with Gasteiger partial charge in [-0.3, -0.25) is 4.79 Å². The molecular weight excluding hydrogens is 309 g/mol. The van der Waals surface area contributed by atoms with Crippen LogP contribution in [-0.4, -0.2) is 37.4 Å². The first-order valence-electron chi connectivity index (χ1n) is 7.44. The minimum Gasteiger partial charge on any atom is -0.340 e. The van der Waals surface area contributed by atoms with E-state index in [1.54, 1.807) is 34.8 Å². The number of amides is 1. The number of hydrogen-bond acceptors (Lipinski definition) is 3. The van der Waals surface area contributed by atoms with Crippen LogP contribution in [0, 0.1) is 5.82 Å². The Labute approximate surface area is 136 Å². The van der Waals surface area contributed by atoms with Crippen LogP contribution in [0.1, 0.15) is 16.3 Å². The molecule has 0 saturated carbocycles. The van der Waals surface area contributed by atoms with Crippen LogP contribution in [0.4, 0.5) is 4.39 Å². The molecule has 0 aliphatic heterocycles. The van der Waals surface area contributed by atoms with Crippen molar-refractivity contribution in [3.8, 4) is 0 Å². The van der Waals surface area contributed by atoms with E-state index in [9.17, 15) is 9.18 Å². The molecule has 1 amide bonds. The van der Waals surface area contributed by atoms with Gasteiger partial charge in [0.1, 0.15) is 17.3 Å². The van der Waals surface area contributed by atoms with Gasteiger partial charge in [0, 0.05) is 7.05 Å². The lowest BCUT2D eigenvalue weighted by atomic mass is 10.3. The minimum atomic E-state index is -0.326. The SMILES string of the molecule is CN(Cc1nc2ccc(F)cc2[nH]1)C(=O)c1cccc2ccnn12. The van der Waals surface area contributed by atoms with Gasteiger partial charge in [0.2, 0.25) is 0 Å². The maximum absolute atomic E-state index is 13.3. The number of H-pyrrole nitrogens is 1. The van der Waals surface area contributed by atoms with Crippen molar-refractivity contribution in [2.45, 2.75) is 6.54 Å². The van der Waals surface area contributed by atoms with Crippen LogP contribution >= 0.6 is 0 Å². The third kappa shape index (κ3) is 2.40. The van der Waals surface area contributed by atoms with Crippen LogP contribution in [0.25, 0.3) is 16.6 Å². The van der Waals surface area contributed by atoms with E-state index < -0.39 is 0 Å². The molecule has 6 nitrogen and oxygen atoms in total. The van der Waals surface area contributed by atoms with E-state index in [0.717, 1.165) is 5.52 Å². The highest BCUT2D eigenvalue weighted by atomic mass is 19.1. The van der Waals surface area contributed by atoms with E-state index in [-0.39, 0.29) is 18.3 Å². The lowest BCUT2D eigenvalue weighted by Crippen LogP contribution is -2.28. The number of imidazole rings is 1. The Morgan fingerprint density at radius 2 is 2.17 bits per heavy atom. The summed E-state index contributed by atoms with van der Waals surface area (Å²) in [6.07, 6.45) is 1.65. The molecule has 0 unspecified atom stereocenters. The molecule has 0 aliphatic carbocycles. The molecule has 120 valence electrons. The Bertz CT molecular complexity index is 1050. The Morgan fingerprint density at radius 3 is 3.04 bits per heavy atom. The number of nitrogens with zero attached hydrogens (tertiary/aromatic N) is 4. The van der Waals surface area contributed by atoms with Gasteiger partial charge in [-0.15, -0.1) is 0 Å². The van der Waals surface area contributed by atoms with Gasteiger partial charge in [0.15, 0.2) is 0 Å². The highest BCUT2D eigenvalue weighted by Gasteiger charge is 2.17. The number of benzene rings is 1. The van der Waals surface area contributed by atoms with E-state index in [0.29, 0.717) is 22.6 Å². The monoisotopic (exact) mass is 323 g/mol. The zero-order valence-corrected chi connectivity index (χ0v) is 12.9. The molecule has 24 heavy (non-hydrogen) atoms. The zero-order chi connectivity index (χ0) is 16.7. The summed E-state index contributed by atoms with van der Waals surface area (Å²) in [6, 6.07) is 11.6. The van der Waals surface area contributed by atoms with Crippen LogP contribution in [0.2, 0.25) is 0 Å². The Balaban J connectivity index is 1.61. The summed E-state index contributed by atoms with van der Waals surface area (Å²) in [5, 5.41) is 4.18. The fourth-order valence-electron chi connectivity index (χ4n) is 2.71. The molecule has 7 heteroatoms. The van der Waals surface area contributed by atoms with Gasteiger partial charge in [-0.05, 0) is 36.4 Å². The molecule has 0 saturated heterocycles. The lowest BCUT2D eigenvalue weighted by Gasteiger charge is -2.16. The summed E-state index contributed by atoms with van der Waals surface area (Å²) in [6.45, 7) is 0.285.